The molecule has 2 aromatic carbocycles. The second kappa shape index (κ2) is 5.91. The SMILES string of the molecule is CCOc1cccc(C(=O)Nc2ccc(O)cc2)c1. The first kappa shape index (κ1) is 13.0. The van der Waals surface area contributed by atoms with Crippen LogP contribution in [0.25, 0.3) is 0 Å². The molecule has 0 bridgehead atoms. The zero-order valence-electron chi connectivity index (χ0n) is 10.6. The number of carbonyl (C=O) groups is 1. The third-order valence-electron chi connectivity index (χ3n) is 2.53. The second-order valence-electron chi connectivity index (χ2n) is 3.96. The molecular weight excluding hydrogens is 242 g/mol. The molecule has 0 atom stereocenters. The van der Waals surface area contributed by atoms with Crippen LogP contribution in [-0.4, -0.2) is 17.6 Å². The van der Waals surface area contributed by atoms with Gasteiger partial charge >= 0.3 is 0 Å². The Hall–Kier alpha value is -2.49. The van der Waals surface area contributed by atoms with Gasteiger partial charge in [0.05, 0.1) is 6.61 Å². The number of nitrogens with one attached hydrogen (secondary N) is 1. The summed E-state index contributed by atoms with van der Waals surface area (Å²) in [5.41, 5.74) is 1.16. The van der Waals surface area contributed by atoms with Gasteiger partial charge in [0, 0.05) is 11.3 Å². The number of ether oxygens (including phenoxy) is 1. The molecule has 0 saturated heterocycles. The lowest BCUT2D eigenvalue weighted by Gasteiger charge is -2.07. The molecule has 4 nitrogen and oxygen atoms in total. The van der Waals surface area contributed by atoms with Crippen molar-refractivity contribution in [1.29, 1.82) is 0 Å². The van der Waals surface area contributed by atoms with E-state index in [2.05, 4.69) is 5.32 Å². The van der Waals surface area contributed by atoms with Crippen LogP contribution < -0.4 is 10.1 Å². The zero-order chi connectivity index (χ0) is 13.7. The minimum absolute atomic E-state index is 0.163. The van der Waals surface area contributed by atoms with Crippen molar-refractivity contribution < 1.29 is 14.6 Å². The lowest BCUT2D eigenvalue weighted by Crippen LogP contribution is -2.11. The average molecular weight is 257 g/mol. The molecule has 98 valence electrons. The Bertz CT molecular complexity index is 564. The Balaban J connectivity index is 2.11. The number of amides is 1. The zero-order valence-corrected chi connectivity index (χ0v) is 10.6. The molecule has 0 aliphatic heterocycles. The highest BCUT2D eigenvalue weighted by molar-refractivity contribution is 6.04. The van der Waals surface area contributed by atoms with Gasteiger partial charge in [0.25, 0.3) is 5.91 Å². The van der Waals surface area contributed by atoms with E-state index in [1.807, 2.05) is 6.92 Å². The molecule has 0 aromatic heterocycles. The van der Waals surface area contributed by atoms with Crippen LogP contribution in [-0.2, 0) is 0 Å². The van der Waals surface area contributed by atoms with Gasteiger partial charge in [-0.2, -0.15) is 0 Å². The van der Waals surface area contributed by atoms with Gasteiger partial charge in [-0.05, 0) is 49.4 Å². The molecule has 0 aliphatic carbocycles. The fourth-order valence-electron chi connectivity index (χ4n) is 1.64. The molecule has 19 heavy (non-hydrogen) atoms. The number of benzene rings is 2. The number of phenolic OH excluding ortho intramolecular Hbond substituents is 1. The molecule has 0 heterocycles. The van der Waals surface area contributed by atoms with E-state index in [1.165, 1.54) is 12.1 Å². The minimum atomic E-state index is -0.216. The van der Waals surface area contributed by atoms with Gasteiger partial charge in [-0.15, -0.1) is 0 Å². The molecule has 0 unspecified atom stereocenters. The number of rotatable bonds is 4. The van der Waals surface area contributed by atoms with E-state index in [0.717, 1.165) is 0 Å². The van der Waals surface area contributed by atoms with Crippen molar-refractivity contribution in [1.82, 2.24) is 0 Å². The molecule has 0 aliphatic rings. The van der Waals surface area contributed by atoms with Crippen molar-refractivity contribution in [2.45, 2.75) is 6.92 Å². The highest BCUT2D eigenvalue weighted by Crippen LogP contribution is 2.17. The molecule has 0 saturated carbocycles. The standard InChI is InChI=1S/C15H15NO3/c1-2-19-14-5-3-4-11(10-14)15(18)16-12-6-8-13(17)9-7-12/h3-10,17H,2H2,1H3,(H,16,18). The van der Waals surface area contributed by atoms with E-state index >= 15 is 0 Å². The number of phenols is 1. The van der Waals surface area contributed by atoms with Crippen molar-refractivity contribution in [3.63, 3.8) is 0 Å². The first-order valence-electron chi connectivity index (χ1n) is 6.02. The van der Waals surface area contributed by atoms with Gasteiger partial charge in [-0.25, -0.2) is 0 Å². The van der Waals surface area contributed by atoms with Crippen LogP contribution in [0, 0.1) is 0 Å². The first-order chi connectivity index (χ1) is 9.19. The summed E-state index contributed by atoms with van der Waals surface area (Å²) in [5, 5.41) is 11.9. The topological polar surface area (TPSA) is 58.6 Å². The van der Waals surface area contributed by atoms with Crippen molar-refractivity contribution in [3.8, 4) is 11.5 Å². The molecule has 2 N–H and O–H groups in total. The number of carbonyl (C=O) groups excluding carboxylic acids is 1. The van der Waals surface area contributed by atoms with Gasteiger partial charge in [-0.3, -0.25) is 4.79 Å². The van der Waals surface area contributed by atoms with Crippen LogP contribution in [0.4, 0.5) is 5.69 Å². The summed E-state index contributed by atoms with van der Waals surface area (Å²) in [6, 6.07) is 13.3. The molecule has 0 fully saturated rings. The molecule has 2 rings (SSSR count). The highest BCUT2D eigenvalue weighted by Gasteiger charge is 2.07. The molecule has 4 heteroatoms. The van der Waals surface area contributed by atoms with Gasteiger partial charge in [0.2, 0.25) is 0 Å². The van der Waals surface area contributed by atoms with Crippen LogP contribution in [0.3, 0.4) is 0 Å². The largest absolute Gasteiger partial charge is 0.508 e. The number of anilines is 1. The maximum absolute atomic E-state index is 12.0. The lowest BCUT2D eigenvalue weighted by molar-refractivity contribution is 0.102. The van der Waals surface area contributed by atoms with Crippen LogP contribution >= 0.6 is 0 Å². The molecule has 1 amide bonds. The Morgan fingerprint density at radius 3 is 2.63 bits per heavy atom. The summed E-state index contributed by atoms with van der Waals surface area (Å²) >= 11 is 0. The fraction of sp³-hybridized carbons (Fsp3) is 0.133. The van der Waals surface area contributed by atoms with E-state index in [1.54, 1.807) is 36.4 Å². The van der Waals surface area contributed by atoms with Gasteiger partial charge in [0.1, 0.15) is 11.5 Å². The van der Waals surface area contributed by atoms with E-state index in [-0.39, 0.29) is 11.7 Å². The predicted molar refractivity (Wildman–Crippen MR) is 73.7 cm³/mol. The third-order valence-corrected chi connectivity index (χ3v) is 2.53. The summed E-state index contributed by atoms with van der Waals surface area (Å²) < 4.78 is 5.35. The minimum Gasteiger partial charge on any atom is -0.508 e. The van der Waals surface area contributed by atoms with Crippen LogP contribution in [0.2, 0.25) is 0 Å². The fourth-order valence-corrected chi connectivity index (χ4v) is 1.64. The maximum atomic E-state index is 12.0. The van der Waals surface area contributed by atoms with Crippen LogP contribution in [0.15, 0.2) is 48.5 Å². The Kier molecular flexibility index (Phi) is 4.03. The maximum Gasteiger partial charge on any atom is 0.255 e. The average Bonchev–Trinajstić information content (AvgIpc) is 2.42. The summed E-state index contributed by atoms with van der Waals surface area (Å²) in [4.78, 5) is 12.0. The number of aromatic hydroxyl groups is 1. The highest BCUT2D eigenvalue weighted by atomic mass is 16.5. The third kappa shape index (κ3) is 3.48. The first-order valence-corrected chi connectivity index (χ1v) is 6.02. The Labute approximate surface area is 111 Å². The molecule has 0 spiro atoms. The summed E-state index contributed by atoms with van der Waals surface area (Å²) in [6.07, 6.45) is 0. The van der Waals surface area contributed by atoms with E-state index in [4.69, 9.17) is 4.74 Å². The van der Waals surface area contributed by atoms with Gasteiger partial charge in [0.15, 0.2) is 0 Å². The molecular formula is C15H15NO3. The second-order valence-corrected chi connectivity index (χ2v) is 3.96. The van der Waals surface area contributed by atoms with Crippen molar-refractivity contribution in [3.05, 3.63) is 54.1 Å². The van der Waals surface area contributed by atoms with E-state index < -0.39 is 0 Å². The molecule has 2 aromatic rings. The lowest BCUT2D eigenvalue weighted by atomic mass is 10.2. The number of hydrogen-bond donors (Lipinski definition) is 2. The monoisotopic (exact) mass is 257 g/mol. The van der Waals surface area contributed by atoms with Crippen LogP contribution in [0.5, 0.6) is 11.5 Å². The van der Waals surface area contributed by atoms with E-state index in [0.29, 0.717) is 23.6 Å². The van der Waals surface area contributed by atoms with Crippen molar-refractivity contribution >= 4 is 11.6 Å². The normalized spacial score (nSPS) is 9.95. The summed E-state index contributed by atoms with van der Waals surface area (Å²) in [7, 11) is 0. The van der Waals surface area contributed by atoms with E-state index in [9.17, 15) is 9.90 Å². The molecule has 0 radical (unpaired) electrons. The van der Waals surface area contributed by atoms with Gasteiger partial charge in [-0.1, -0.05) is 6.07 Å². The Morgan fingerprint density at radius 2 is 1.95 bits per heavy atom. The predicted octanol–water partition coefficient (Wildman–Crippen LogP) is 3.04. The summed E-state index contributed by atoms with van der Waals surface area (Å²) in [5.74, 6) is 0.615. The smallest absolute Gasteiger partial charge is 0.255 e. The van der Waals surface area contributed by atoms with Crippen molar-refractivity contribution in [2.24, 2.45) is 0 Å². The quantitative estimate of drug-likeness (QED) is 0.828. The van der Waals surface area contributed by atoms with Gasteiger partial charge < -0.3 is 15.2 Å². The van der Waals surface area contributed by atoms with Crippen molar-refractivity contribution in [2.75, 3.05) is 11.9 Å². The Morgan fingerprint density at radius 1 is 1.21 bits per heavy atom. The van der Waals surface area contributed by atoms with Crippen LogP contribution in [0.1, 0.15) is 17.3 Å². The number of hydrogen-bond acceptors (Lipinski definition) is 3. The summed E-state index contributed by atoms with van der Waals surface area (Å²) in [6.45, 7) is 2.45.